The van der Waals surface area contributed by atoms with Gasteiger partial charge in [-0.2, -0.15) is 11.8 Å². The molecule has 1 fully saturated rings. The van der Waals surface area contributed by atoms with Gasteiger partial charge in [0, 0.05) is 12.3 Å². The average molecular weight is 245 g/mol. The lowest BCUT2D eigenvalue weighted by Gasteiger charge is -2.16. The van der Waals surface area contributed by atoms with Crippen LogP contribution in [0.4, 0.5) is 5.13 Å². The van der Waals surface area contributed by atoms with Crippen LogP contribution < -0.4 is 11.3 Å². The summed E-state index contributed by atoms with van der Waals surface area (Å²) < 4.78 is 0. The third-order valence-electron chi connectivity index (χ3n) is 2.26. The quantitative estimate of drug-likeness (QED) is 0.605. The van der Waals surface area contributed by atoms with Gasteiger partial charge in [-0.1, -0.05) is 11.3 Å². The Kier molecular flexibility index (Phi) is 4.18. The molecule has 0 bridgehead atoms. The van der Waals surface area contributed by atoms with Crippen molar-refractivity contribution >= 4 is 28.2 Å². The first kappa shape index (κ1) is 11.1. The Hall–Kier alpha value is -0.370. The van der Waals surface area contributed by atoms with Crippen molar-refractivity contribution in [3.8, 4) is 0 Å². The molecule has 84 valence electrons. The Morgan fingerprint density at radius 1 is 1.33 bits per heavy atom. The fourth-order valence-electron chi connectivity index (χ4n) is 1.52. The fraction of sp³-hybridized carbons (Fsp3) is 0.750. The van der Waals surface area contributed by atoms with Gasteiger partial charge in [0.25, 0.3) is 0 Å². The van der Waals surface area contributed by atoms with Gasteiger partial charge in [0.05, 0.1) is 6.54 Å². The van der Waals surface area contributed by atoms with Crippen molar-refractivity contribution in [3.05, 3.63) is 5.01 Å². The van der Waals surface area contributed by atoms with Crippen LogP contribution in [0.2, 0.25) is 0 Å². The zero-order valence-corrected chi connectivity index (χ0v) is 10.1. The van der Waals surface area contributed by atoms with Gasteiger partial charge in [-0.3, -0.25) is 10.3 Å². The van der Waals surface area contributed by atoms with Gasteiger partial charge in [-0.05, 0) is 18.7 Å². The smallest absolute Gasteiger partial charge is 0.219 e. The lowest BCUT2D eigenvalue weighted by atomic mass is 10.4. The molecule has 5 nitrogen and oxygen atoms in total. The number of hydrazine groups is 1. The van der Waals surface area contributed by atoms with E-state index >= 15 is 0 Å². The summed E-state index contributed by atoms with van der Waals surface area (Å²) >= 11 is 3.56. The summed E-state index contributed by atoms with van der Waals surface area (Å²) in [7, 11) is 0. The van der Waals surface area contributed by atoms with Gasteiger partial charge in [0.1, 0.15) is 5.01 Å². The van der Waals surface area contributed by atoms with Crippen molar-refractivity contribution in [2.24, 2.45) is 5.84 Å². The number of nitrogens with one attached hydrogen (secondary N) is 1. The normalized spacial score (nSPS) is 18.7. The van der Waals surface area contributed by atoms with Crippen LogP contribution in [0.5, 0.6) is 0 Å². The first-order chi connectivity index (χ1) is 7.38. The maximum Gasteiger partial charge on any atom is 0.219 e. The van der Waals surface area contributed by atoms with E-state index in [0.29, 0.717) is 5.13 Å². The number of hydrogen-bond donors (Lipinski definition) is 2. The van der Waals surface area contributed by atoms with Crippen LogP contribution in [-0.4, -0.2) is 39.7 Å². The Balaban J connectivity index is 1.89. The predicted molar refractivity (Wildman–Crippen MR) is 64.9 cm³/mol. The van der Waals surface area contributed by atoms with Gasteiger partial charge in [0.15, 0.2) is 0 Å². The molecule has 1 aliphatic rings. The van der Waals surface area contributed by atoms with E-state index in [-0.39, 0.29) is 0 Å². The van der Waals surface area contributed by atoms with Crippen molar-refractivity contribution < 1.29 is 0 Å². The van der Waals surface area contributed by atoms with Crippen LogP contribution in [0.15, 0.2) is 0 Å². The number of thioether (sulfide) groups is 1. The van der Waals surface area contributed by atoms with Crippen LogP contribution in [0.1, 0.15) is 11.4 Å². The minimum absolute atomic E-state index is 0.689. The molecule has 0 amide bonds. The Bertz CT molecular complexity index is 295. The highest BCUT2D eigenvalue weighted by Crippen LogP contribution is 2.17. The molecule has 0 saturated carbocycles. The van der Waals surface area contributed by atoms with E-state index < -0.39 is 0 Å². The summed E-state index contributed by atoms with van der Waals surface area (Å²) in [5.41, 5.74) is 2.52. The van der Waals surface area contributed by atoms with Crippen molar-refractivity contribution in [2.45, 2.75) is 13.0 Å². The van der Waals surface area contributed by atoms with Gasteiger partial charge < -0.3 is 0 Å². The SMILES string of the molecule is NNc1nnc(CN2CCCSCC2)s1. The molecule has 0 aromatic carbocycles. The molecule has 0 unspecified atom stereocenters. The standard InChI is InChI=1S/C8H15N5S2/c9-10-8-12-11-7(15-8)6-13-2-1-4-14-5-3-13/h1-6,9H2,(H,10,12). The maximum atomic E-state index is 5.26. The van der Waals surface area contributed by atoms with E-state index in [1.54, 1.807) is 0 Å². The monoisotopic (exact) mass is 245 g/mol. The molecule has 1 aromatic rings. The summed E-state index contributed by atoms with van der Waals surface area (Å²) in [5, 5.41) is 9.74. The van der Waals surface area contributed by atoms with Gasteiger partial charge in [0.2, 0.25) is 5.13 Å². The molecular formula is C8H15N5S2. The molecule has 1 aromatic heterocycles. The molecule has 2 rings (SSSR count). The first-order valence-electron chi connectivity index (χ1n) is 4.97. The van der Waals surface area contributed by atoms with Gasteiger partial charge in [-0.15, -0.1) is 10.2 Å². The lowest BCUT2D eigenvalue weighted by Crippen LogP contribution is -2.25. The predicted octanol–water partition coefficient (Wildman–Crippen LogP) is 0.763. The van der Waals surface area contributed by atoms with E-state index in [1.165, 1.54) is 29.3 Å². The number of nitrogens with zero attached hydrogens (tertiary/aromatic N) is 3. The molecule has 0 aliphatic carbocycles. The molecule has 2 heterocycles. The van der Waals surface area contributed by atoms with Gasteiger partial charge in [-0.25, -0.2) is 5.84 Å². The summed E-state index contributed by atoms with van der Waals surface area (Å²) in [6.45, 7) is 3.22. The number of hydrogen-bond acceptors (Lipinski definition) is 7. The number of anilines is 1. The van der Waals surface area contributed by atoms with Crippen LogP contribution >= 0.6 is 23.1 Å². The number of nitrogen functional groups attached to an aromatic ring is 1. The molecule has 0 atom stereocenters. The van der Waals surface area contributed by atoms with Crippen LogP contribution in [0, 0.1) is 0 Å². The highest BCUT2D eigenvalue weighted by atomic mass is 32.2. The zero-order chi connectivity index (χ0) is 10.5. The fourth-order valence-corrected chi connectivity index (χ4v) is 3.14. The topological polar surface area (TPSA) is 67.1 Å². The molecule has 0 spiro atoms. The van der Waals surface area contributed by atoms with E-state index in [9.17, 15) is 0 Å². The van der Waals surface area contributed by atoms with Crippen LogP contribution in [-0.2, 0) is 6.54 Å². The van der Waals surface area contributed by atoms with E-state index in [1.807, 2.05) is 11.8 Å². The number of nitrogens with two attached hydrogens (primary N) is 1. The molecule has 0 radical (unpaired) electrons. The maximum absolute atomic E-state index is 5.26. The van der Waals surface area contributed by atoms with Gasteiger partial charge >= 0.3 is 0 Å². The third kappa shape index (κ3) is 3.30. The average Bonchev–Trinajstić information content (AvgIpc) is 2.54. The second kappa shape index (κ2) is 5.64. The summed E-state index contributed by atoms with van der Waals surface area (Å²) in [6.07, 6.45) is 1.27. The second-order valence-corrected chi connectivity index (χ2v) is 5.67. The van der Waals surface area contributed by atoms with Crippen molar-refractivity contribution in [1.82, 2.24) is 15.1 Å². The summed E-state index contributed by atoms with van der Waals surface area (Å²) in [6, 6.07) is 0. The largest absolute Gasteiger partial charge is 0.298 e. The highest BCUT2D eigenvalue weighted by Gasteiger charge is 2.12. The van der Waals surface area contributed by atoms with Crippen molar-refractivity contribution in [1.29, 1.82) is 0 Å². The van der Waals surface area contributed by atoms with E-state index in [4.69, 9.17) is 5.84 Å². The molecule has 15 heavy (non-hydrogen) atoms. The molecule has 3 N–H and O–H groups in total. The second-order valence-electron chi connectivity index (χ2n) is 3.39. The molecule has 1 aliphatic heterocycles. The Labute approximate surface area is 97.4 Å². The Morgan fingerprint density at radius 2 is 2.27 bits per heavy atom. The summed E-state index contributed by atoms with van der Waals surface area (Å²) in [4.78, 5) is 2.43. The van der Waals surface area contributed by atoms with Crippen LogP contribution in [0.3, 0.4) is 0 Å². The van der Waals surface area contributed by atoms with Crippen molar-refractivity contribution in [2.75, 3.05) is 30.0 Å². The van der Waals surface area contributed by atoms with E-state index in [0.717, 1.165) is 24.6 Å². The highest BCUT2D eigenvalue weighted by molar-refractivity contribution is 7.99. The summed E-state index contributed by atoms with van der Waals surface area (Å²) in [5.74, 6) is 7.77. The third-order valence-corrected chi connectivity index (χ3v) is 4.15. The molecule has 7 heteroatoms. The zero-order valence-electron chi connectivity index (χ0n) is 8.48. The number of rotatable bonds is 3. The lowest BCUT2D eigenvalue weighted by molar-refractivity contribution is 0.286. The molecular weight excluding hydrogens is 230 g/mol. The minimum atomic E-state index is 0.689. The number of aromatic nitrogens is 2. The minimum Gasteiger partial charge on any atom is -0.298 e. The Morgan fingerprint density at radius 3 is 3.07 bits per heavy atom. The van der Waals surface area contributed by atoms with E-state index in [2.05, 4.69) is 20.5 Å². The first-order valence-corrected chi connectivity index (χ1v) is 6.94. The molecule has 1 saturated heterocycles. The van der Waals surface area contributed by atoms with Crippen LogP contribution in [0.25, 0.3) is 0 Å². The van der Waals surface area contributed by atoms with Crippen molar-refractivity contribution in [3.63, 3.8) is 0 Å².